The second kappa shape index (κ2) is 7.08. The van der Waals surface area contributed by atoms with Crippen LogP contribution in [0.5, 0.6) is 0 Å². The molecule has 2 heterocycles. The predicted octanol–water partition coefficient (Wildman–Crippen LogP) is 3.43. The Morgan fingerprint density at radius 2 is 1.89 bits per heavy atom. The van der Waals surface area contributed by atoms with Crippen molar-refractivity contribution in [1.82, 2.24) is 15.0 Å². The number of nitrogens with zero attached hydrogens (tertiary/aromatic N) is 3. The van der Waals surface area contributed by atoms with Crippen LogP contribution in [-0.2, 0) is 5.54 Å². The van der Waals surface area contributed by atoms with E-state index < -0.39 is 5.54 Å². The van der Waals surface area contributed by atoms with E-state index in [2.05, 4.69) is 16.2 Å². The summed E-state index contributed by atoms with van der Waals surface area (Å²) in [6.45, 7) is 5.43. The molecular formula is C21H28N4O2. The van der Waals surface area contributed by atoms with Crippen LogP contribution in [0, 0.1) is 13.8 Å². The fraction of sp³-hybridized carbons (Fsp3) is 0.571. The van der Waals surface area contributed by atoms with Crippen molar-refractivity contribution in [2.45, 2.75) is 63.8 Å². The molecule has 1 amide bonds. The molecule has 27 heavy (non-hydrogen) atoms. The average Bonchev–Trinajstić information content (AvgIpc) is 3.30. The zero-order chi connectivity index (χ0) is 19.0. The third-order valence-electron chi connectivity index (χ3n) is 5.91. The molecule has 6 heteroatoms. The number of nitrogens with two attached hydrogens (primary N) is 1. The molecule has 1 aromatic carbocycles. The number of hydrogen-bond acceptors (Lipinski definition) is 5. The summed E-state index contributed by atoms with van der Waals surface area (Å²) in [5, 5.41) is 4.18. The third-order valence-corrected chi connectivity index (χ3v) is 5.91. The highest BCUT2D eigenvalue weighted by molar-refractivity contribution is 5.94. The van der Waals surface area contributed by atoms with Crippen LogP contribution in [-0.4, -0.2) is 34.0 Å². The van der Waals surface area contributed by atoms with Gasteiger partial charge in [-0.05, 0) is 51.7 Å². The number of carbonyl (C=O) groups excluding carboxylic acids is 1. The standard InChI is InChI=1S/C21H28N4O2/c1-14-10-15(2)12-17(11-14)19(26)25-9-5-6-16(13-25)18-23-20(24-27-18)21(22)7-3-4-8-21/h10-12,16H,3-9,13,22H2,1-2H3. The first-order valence-corrected chi connectivity index (χ1v) is 9.95. The van der Waals surface area contributed by atoms with Gasteiger partial charge in [0.15, 0.2) is 5.82 Å². The number of benzene rings is 1. The molecule has 0 radical (unpaired) electrons. The second-order valence-electron chi connectivity index (χ2n) is 8.29. The Balaban J connectivity index is 1.50. The summed E-state index contributed by atoms with van der Waals surface area (Å²) >= 11 is 0. The maximum Gasteiger partial charge on any atom is 0.253 e. The van der Waals surface area contributed by atoms with Gasteiger partial charge < -0.3 is 15.2 Å². The zero-order valence-electron chi connectivity index (χ0n) is 16.2. The maximum atomic E-state index is 13.0. The summed E-state index contributed by atoms with van der Waals surface area (Å²) in [7, 11) is 0. The van der Waals surface area contributed by atoms with Crippen molar-refractivity contribution in [2.75, 3.05) is 13.1 Å². The Morgan fingerprint density at radius 1 is 1.19 bits per heavy atom. The molecule has 2 aliphatic rings. The lowest BCUT2D eigenvalue weighted by molar-refractivity contribution is 0.0695. The van der Waals surface area contributed by atoms with Crippen LogP contribution in [0.4, 0.5) is 0 Å². The van der Waals surface area contributed by atoms with Crippen molar-refractivity contribution in [1.29, 1.82) is 0 Å². The van der Waals surface area contributed by atoms with Crippen LogP contribution >= 0.6 is 0 Å². The van der Waals surface area contributed by atoms with Gasteiger partial charge in [-0.3, -0.25) is 4.79 Å². The first kappa shape index (κ1) is 18.2. The Labute approximate surface area is 160 Å². The van der Waals surface area contributed by atoms with Crippen LogP contribution in [0.25, 0.3) is 0 Å². The molecule has 1 saturated heterocycles. The highest BCUT2D eigenvalue weighted by Crippen LogP contribution is 2.36. The van der Waals surface area contributed by atoms with Crippen LogP contribution in [0.15, 0.2) is 22.7 Å². The van der Waals surface area contributed by atoms with Gasteiger partial charge in [0.25, 0.3) is 5.91 Å². The summed E-state index contributed by atoms with van der Waals surface area (Å²) in [5.41, 5.74) is 8.99. The highest BCUT2D eigenvalue weighted by Gasteiger charge is 2.37. The largest absolute Gasteiger partial charge is 0.339 e. The molecule has 1 aliphatic carbocycles. The Bertz CT molecular complexity index is 818. The zero-order valence-corrected chi connectivity index (χ0v) is 16.2. The Kier molecular flexibility index (Phi) is 4.76. The van der Waals surface area contributed by atoms with Crippen molar-refractivity contribution < 1.29 is 9.32 Å². The number of aryl methyl sites for hydroxylation is 2. The number of piperidine rings is 1. The third kappa shape index (κ3) is 3.63. The van der Waals surface area contributed by atoms with E-state index in [1.54, 1.807) is 0 Å². The summed E-state index contributed by atoms with van der Waals surface area (Å²) < 4.78 is 5.57. The van der Waals surface area contributed by atoms with Crippen molar-refractivity contribution in [3.05, 3.63) is 46.6 Å². The van der Waals surface area contributed by atoms with E-state index in [-0.39, 0.29) is 11.8 Å². The predicted molar refractivity (Wildman–Crippen MR) is 102 cm³/mol. The van der Waals surface area contributed by atoms with Gasteiger partial charge >= 0.3 is 0 Å². The van der Waals surface area contributed by atoms with Gasteiger partial charge in [0.2, 0.25) is 5.89 Å². The molecule has 2 N–H and O–H groups in total. The van der Waals surface area contributed by atoms with Gasteiger partial charge in [-0.2, -0.15) is 4.98 Å². The van der Waals surface area contributed by atoms with Gasteiger partial charge in [-0.1, -0.05) is 35.2 Å². The molecule has 1 atom stereocenters. The molecule has 2 aromatic rings. The van der Waals surface area contributed by atoms with Gasteiger partial charge in [0, 0.05) is 18.7 Å². The van der Waals surface area contributed by atoms with Crippen LogP contribution in [0.3, 0.4) is 0 Å². The maximum absolute atomic E-state index is 13.0. The van der Waals surface area contributed by atoms with Crippen LogP contribution < -0.4 is 5.73 Å². The van der Waals surface area contributed by atoms with Gasteiger partial charge in [-0.25, -0.2) is 0 Å². The van der Waals surface area contributed by atoms with E-state index in [0.717, 1.165) is 61.8 Å². The lowest BCUT2D eigenvalue weighted by atomic mass is 9.96. The second-order valence-corrected chi connectivity index (χ2v) is 8.29. The summed E-state index contributed by atoms with van der Waals surface area (Å²) in [4.78, 5) is 19.5. The van der Waals surface area contributed by atoms with E-state index in [4.69, 9.17) is 10.3 Å². The first-order chi connectivity index (χ1) is 12.9. The van der Waals surface area contributed by atoms with E-state index in [1.807, 2.05) is 30.9 Å². The minimum Gasteiger partial charge on any atom is -0.339 e. The molecule has 4 rings (SSSR count). The Morgan fingerprint density at radius 3 is 2.59 bits per heavy atom. The van der Waals surface area contributed by atoms with Gasteiger partial charge in [0.1, 0.15) is 0 Å². The van der Waals surface area contributed by atoms with E-state index in [9.17, 15) is 4.79 Å². The number of rotatable bonds is 3. The lowest BCUT2D eigenvalue weighted by Gasteiger charge is -2.31. The summed E-state index contributed by atoms with van der Waals surface area (Å²) in [5.74, 6) is 1.42. The van der Waals surface area contributed by atoms with Crippen molar-refractivity contribution >= 4 is 5.91 Å². The van der Waals surface area contributed by atoms with E-state index in [1.165, 1.54) is 0 Å². The Hall–Kier alpha value is -2.21. The number of likely N-dealkylation sites (tertiary alicyclic amines) is 1. The fourth-order valence-electron chi connectivity index (χ4n) is 4.48. The van der Waals surface area contributed by atoms with E-state index >= 15 is 0 Å². The highest BCUT2D eigenvalue weighted by atomic mass is 16.5. The molecule has 0 bridgehead atoms. The van der Waals surface area contributed by atoms with Gasteiger partial charge in [-0.15, -0.1) is 0 Å². The SMILES string of the molecule is Cc1cc(C)cc(C(=O)N2CCCC(c3nc(C4(N)CCCC4)no3)C2)c1. The molecule has 1 unspecified atom stereocenters. The fourth-order valence-corrected chi connectivity index (χ4v) is 4.48. The van der Waals surface area contributed by atoms with Crippen molar-refractivity contribution in [3.63, 3.8) is 0 Å². The van der Waals surface area contributed by atoms with Crippen LogP contribution in [0.1, 0.15) is 77.6 Å². The van der Waals surface area contributed by atoms with Gasteiger partial charge in [0.05, 0.1) is 11.5 Å². The number of aromatic nitrogens is 2. The van der Waals surface area contributed by atoms with Crippen molar-refractivity contribution in [3.8, 4) is 0 Å². The average molecular weight is 368 g/mol. The van der Waals surface area contributed by atoms with E-state index in [0.29, 0.717) is 18.3 Å². The molecule has 1 saturated carbocycles. The molecule has 6 nitrogen and oxygen atoms in total. The normalized spacial score (nSPS) is 22.2. The lowest BCUT2D eigenvalue weighted by Crippen LogP contribution is -2.39. The first-order valence-electron chi connectivity index (χ1n) is 9.95. The molecule has 1 aromatic heterocycles. The molecule has 144 valence electrons. The number of amides is 1. The monoisotopic (exact) mass is 368 g/mol. The summed E-state index contributed by atoms with van der Waals surface area (Å²) in [6, 6.07) is 6.01. The molecule has 2 fully saturated rings. The smallest absolute Gasteiger partial charge is 0.253 e. The summed E-state index contributed by atoms with van der Waals surface area (Å²) in [6.07, 6.45) is 5.94. The molecule has 1 aliphatic heterocycles. The number of hydrogen-bond donors (Lipinski definition) is 1. The number of carbonyl (C=O) groups is 1. The van der Waals surface area contributed by atoms with Crippen LogP contribution in [0.2, 0.25) is 0 Å². The topological polar surface area (TPSA) is 85.2 Å². The minimum atomic E-state index is -0.439. The van der Waals surface area contributed by atoms with Crippen molar-refractivity contribution in [2.24, 2.45) is 5.73 Å². The quantitative estimate of drug-likeness (QED) is 0.897. The molecular weight excluding hydrogens is 340 g/mol. The molecule has 0 spiro atoms. The minimum absolute atomic E-state index is 0.0809.